The summed E-state index contributed by atoms with van der Waals surface area (Å²) in [5, 5.41) is 8.86. The Bertz CT molecular complexity index is 345. The van der Waals surface area contributed by atoms with Crippen LogP contribution < -0.4 is 10.6 Å². The summed E-state index contributed by atoms with van der Waals surface area (Å²) in [5.41, 5.74) is 5.65. The van der Waals surface area contributed by atoms with Crippen LogP contribution >= 0.6 is 0 Å². The van der Waals surface area contributed by atoms with E-state index in [9.17, 15) is 0 Å². The summed E-state index contributed by atoms with van der Waals surface area (Å²) < 4.78 is 0. The van der Waals surface area contributed by atoms with Gasteiger partial charge in [0, 0.05) is 25.3 Å². The minimum Gasteiger partial charge on any atom is -0.396 e. The number of anilines is 2. The molecule has 0 bridgehead atoms. The fourth-order valence-corrected chi connectivity index (χ4v) is 2.28. The van der Waals surface area contributed by atoms with Crippen LogP contribution in [-0.4, -0.2) is 34.3 Å². The molecule has 2 heterocycles. The summed E-state index contributed by atoms with van der Waals surface area (Å²) in [4.78, 5) is 10.4. The lowest BCUT2D eigenvalue weighted by atomic mass is 10.1. The standard InChI is InChI=1S/C11H18N4O/c12-10-7-11(14-8-13-10)15-5-1-3-9(15)4-2-6-16/h7-9,16H,1-6H2,(H2,12,13,14). The highest BCUT2D eigenvalue weighted by Crippen LogP contribution is 2.26. The highest BCUT2D eigenvalue weighted by molar-refractivity contribution is 5.47. The molecule has 88 valence electrons. The van der Waals surface area contributed by atoms with Gasteiger partial charge in [0.1, 0.15) is 18.0 Å². The molecule has 1 aromatic rings. The zero-order valence-corrected chi connectivity index (χ0v) is 9.34. The van der Waals surface area contributed by atoms with Gasteiger partial charge in [-0.05, 0) is 25.7 Å². The summed E-state index contributed by atoms with van der Waals surface area (Å²) in [6.07, 6.45) is 5.72. The number of nitrogen functional groups attached to an aromatic ring is 1. The number of nitrogens with two attached hydrogens (primary N) is 1. The zero-order chi connectivity index (χ0) is 11.4. The Balaban J connectivity index is 2.07. The van der Waals surface area contributed by atoms with E-state index in [2.05, 4.69) is 14.9 Å². The van der Waals surface area contributed by atoms with Gasteiger partial charge in [-0.2, -0.15) is 0 Å². The van der Waals surface area contributed by atoms with Crippen LogP contribution in [0.25, 0.3) is 0 Å². The van der Waals surface area contributed by atoms with E-state index in [1.165, 1.54) is 19.2 Å². The Morgan fingerprint density at radius 2 is 2.38 bits per heavy atom. The third-order valence-corrected chi connectivity index (χ3v) is 3.04. The zero-order valence-electron chi connectivity index (χ0n) is 9.34. The number of hydrogen-bond donors (Lipinski definition) is 2. The molecule has 1 unspecified atom stereocenters. The van der Waals surface area contributed by atoms with Crippen molar-refractivity contribution in [3.8, 4) is 0 Å². The van der Waals surface area contributed by atoms with Gasteiger partial charge >= 0.3 is 0 Å². The molecular formula is C11H18N4O. The Hall–Kier alpha value is -1.36. The predicted octanol–water partition coefficient (Wildman–Crippen LogP) is 0.800. The fourth-order valence-electron chi connectivity index (χ4n) is 2.28. The molecule has 0 amide bonds. The van der Waals surface area contributed by atoms with Crippen LogP contribution in [0.15, 0.2) is 12.4 Å². The van der Waals surface area contributed by atoms with Crippen LogP contribution in [0.4, 0.5) is 11.6 Å². The van der Waals surface area contributed by atoms with Crippen molar-refractivity contribution in [1.82, 2.24) is 9.97 Å². The smallest absolute Gasteiger partial charge is 0.134 e. The highest BCUT2D eigenvalue weighted by Gasteiger charge is 2.25. The molecule has 1 saturated heterocycles. The molecule has 16 heavy (non-hydrogen) atoms. The second kappa shape index (κ2) is 5.12. The van der Waals surface area contributed by atoms with Crippen molar-refractivity contribution in [2.24, 2.45) is 0 Å². The monoisotopic (exact) mass is 222 g/mol. The average molecular weight is 222 g/mol. The van der Waals surface area contributed by atoms with Crippen LogP contribution in [-0.2, 0) is 0 Å². The molecule has 0 spiro atoms. The first-order valence-electron chi connectivity index (χ1n) is 5.76. The lowest BCUT2D eigenvalue weighted by molar-refractivity contribution is 0.279. The van der Waals surface area contributed by atoms with Gasteiger partial charge in [-0.1, -0.05) is 0 Å². The van der Waals surface area contributed by atoms with Crippen molar-refractivity contribution in [2.75, 3.05) is 23.8 Å². The minimum absolute atomic E-state index is 0.260. The molecule has 0 radical (unpaired) electrons. The van der Waals surface area contributed by atoms with Crippen LogP contribution in [0.2, 0.25) is 0 Å². The third-order valence-electron chi connectivity index (χ3n) is 3.04. The van der Waals surface area contributed by atoms with E-state index < -0.39 is 0 Å². The van der Waals surface area contributed by atoms with Crippen molar-refractivity contribution in [3.63, 3.8) is 0 Å². The predicted molar refractivity (Wildman–Crippen MR) is 63.1 cm³/mol. The largest absolute Gasteiger partial charge is 0.396 e. The number of aromatic nitrogens is 2. The van der Waals surface area contributed by atoms with Gasteiger partial charge in [0.25, 0.3) is 0 Å². The molecule has 5 heteroatoms. The normalized spacial score (nSPS) is 20.3. The van der Waals surface area contributed by atoms with Crippen LogP contribution in [0.5, 0.6) is 0 Å². The van der Waals surface area contributed by atoms with Crippen LogP contribution in [0, 0.1) is 0 Å². The van der Waals surface area contributed by atoms with Crippen molar-refractivity contribution in [1.29, 1.82) is 0 Å². The van der Waals surface area contributed by atoms with E-state index in [1.54, 1.807) is 0 Å². The van der Waals surface area contributed by atoms with Crippen LogP contribution in [0.1, 0.15) is 25.7 Å². The SMILES string of the molecule is Nc1cc(N2CCCC2CCCO)ncn1. The van der Waals surface area contributed by atoms with Crippen molar-refractivity contribution < 1.29 is 5.11 Å². The van der Waals surface area contributed by atoms with E-state index in [4.69, 9.17) is 10.8 Å². The molecule has 0 aromatic carbocycles. The van der Waals surface area contributed by atoms with Crippen molar-refractivity contribution in [2.45, 2.75) is 31.7 Å². The molecule has 1 atom stereocenters. The van der Waals surface area contributed by atoms with Crippen molar-refractivity contribution >= 4 is 11.6 Å². The maximum Gasteiger partial charge on any atom is 0.134 e. The van der Waals surface area contributed by atoms with Gasteiger partial charge < -0.3 is 15.7 Å². The summed E-state index contributed by atoms with van der Waals surface area (Å²) in [6, 6.07) is 2.30. The number of nitrogens with zero attached hydrogens (tertiary/aromatic N) is 3. The first-order chi connectivity index (χ1) is 7.81. The molecule has 1 aliphatic rings. The maximum absolute atomic E-state index is 8.86. The maximum atomic E-state index is 8.86. The first kappa shape index (κ1) is 11.1. The fraction of sp³-hybridized carbons (Fsp3) is 0.636. The molecule has 1 aliphatic heterocycles. The third kappa shape index (κ3) is 2.41. The van der Waals surface area contributed by atoms with Gasteiger partial charge in [0.15, 0.2) is 0 Å². The lowest BCUT2D eigenvalue weighted by Gasteiger charge is -2.25. The number of rotatable bonds is 4. The average Bonchev–Trinajstić information content (AvgIpc) is 2.74. The van der Waals surface area contributed by atoms with Gasteiger partial charge in [-0.25, -0.2) is 9.97 Å². The summed E-state index contributed by atoms with van der Waals surface area (Å²) in [7, 11) is 0. The molecule has 3 N–H and O–H groups in total. The topological polar surface area (TPSA) is 75.3 Å². The Labute approximate surface area is 95.3 Å². The molecule has 2 rings (SSSR count). The van der Waals surface area contributed by atoms with Gasteiger partial charge in [0.2, 0.25) is 0 Å². The van der Waals surface area contributed by atoms with Gasteiger partial charge in [-0.3, -0.25) is 0 Å². The molecule has 1 aromatic heterocycles. The van der Waals surface area contributed by atoms with E-state index in [0.29, 0.717) is 11.9 Å². The molecule has 1 fully saturated rings. The first-order valence-corrected chi connectivity index (χ1v) is 5.76. The number of aliphatic hydroxyl groups is 1. The molecule has 5 nitrogen and oxygen atoms in total. The molecular weight excluding hydrogens is 204 g/mol. The van der Waals surface area contributed by atoms with Crippen molar-refractivity contribution in [3.05, 3.63) is 12.4 Å². The minimum atomic E-state index is 0.260. The number of hydrogen-bond acceptors (Lipinski definition) is 5. The van der Waals surface area contributed by atoms with E-state index in [1.807, 2.05) is 6.07 Å². The van der Waals surface area contributed by atoms with Gasteiger partial charge in [0.05, 0.1) is 0 Å². The summed E-state index contributed by atoms with van der Waals surface area (Å²) in [5.74, 6) is 1.42. The molecule has 0 saturated carbocycles. The second-order valence-corrected chi connectivity index (χ2v) is 4.16. The summed E-state index contributed by atoms with van der Waals surface area (Å²) in [6.45, 7) is 1.28. The highest BCUT2D eigenvalue weighted by atomic mass is 16.2. The van der Waals surface area contributed by atoms with E-state index in [-0.39, 0.29) is 6.61 Å². The van der Waals surface area contributed by atoms with Crippen LogP contribution in [0.3, 0.4) is 0 Å². The Morgan fingerprint density at radius 3 is 3.12 bits per heavy atom. The van der Waals surface area contributed by atoms with E-state index >= 15 is 0 Å². The second-order valence-electron chi connectivity index (χ2n) is 4.16. The van der Waals surface area contributed by atoms with E-state index in [0.717, 1.165) is 25.2 Å². The molecule has 0 aliphatic carbocycles. The number of aliphatic hydroxyl groups excluding tert-OH is 1. The quantitative estimate of drug-likeness (QED) is 0.788. The van der Waals surface area contributed by atoms with Gasteiger partial charge in [-0.15, -0.1) is 0 Å². The Morgan fingerprint density at radius 1 is 1.50 bits per heavy atom. The summed E-state index contributed by atoms with van der Waals surface area (Å²) >= 11 is 0. The lowest BCUT2D eigenvalue weighted by Crippen LogP contribution is -2.30. The Kier molecular flexibility index (Phi) is 3.56.